The molecular weight excluding hydrogens is 318 g/mol. The van der Waals surface area contributed by atoms with E-state index in [2.05, 4.69) is 18.0 Å². The van der Waals surface area contributed by atoms with Crippen molar-refractivity contribution in [3.05, 3.63) is 47.0 Å². The number of hydrogen-bond acceptors (Lipinski definition) is 5. The molecule has 1 N–H and O–H groups in total. The highest BCUT2D eigenvalue weighted by atomic mass is 16.5. The van der Waals surface area contributed by atoms with Gasteiger partial charge in [0, 0.05) is 12.6 Å². The van der Waals surface area contributed by atoms with Gasteiger partial charge in [0.2, 0.25) is 0 Å². The van der Waals surface area contributed by atoms with Crippen LogP contribution in [0.25, 0.3) is 0 Å². The average Bonchev–Trinajstić information content (AvgIpc) is 2.63. The van der Waals surface area contributed by atoms with Gasteiger partial charge in [0.1, 0.15) is 0 Å². The van der Waals surface area contributed by atoms with Gasteiger partial charge in [-0.15, -0.1) is 0 Å². The van der Waals surface area contributed by atoms with E-state index in [0.29, 0.717) is 5.75 Å². The highest BCUT2D eigenvalue weighted by Crippen LogP contribution is 2.39. The second-order valence-corrected chi connectivity index (χ2v) is 6.36. The first kappa shape index (κ1) is 17.4. The summed E-state index contributed by atoms with van der Waals surface area (Å²) in [6.45, 7) is 0.955. The van der Waals surface area contributed by atoms with Crippen molar-refractivity contribution in [2.75, 3.05) is 34.9 Å². The lowest BCUT2D eigenvalue weighted by Crippen LogP contribution is -2.33. The average molecular weight is 343 g/mol. The van der Waals surface area contributed by atoms with E-state index in [0.717, 1.165) is 30.9 Å². The molecule has 2 aromatic carbocycles. The first-order chi connectivity index (χ1) is 12.1. The van der Waals surface area contributed by atoms with Crippen molar-refractivity contribution in [2.24, 2.45) is 0 Å². The number of phenolic OH excluding ortho intramolecular Hbond substituents is 1. The summed E-state index contributed by atoms with van der Waals surface area (Å²) < 4.78 is 16.1. The number of ether oxygens (including phenoxy) is 3. The summed E-state index contributed by atoms with van der Waals surface area (Å²) in [6.07, 6.45) is 1.77. The van der Waals surface area contributed by atoms with Gasteiger partial charge >= 0.3 is 0 Å². The summed E-state index contributed by atoms with van der Waals surface area (Å²) in [5, 5.41) is 10.1. The Morgan fingerprint density at radius 2 is 1.72 bits per heavy atom. The Morgan fingerprint density at radius 1 is 1.00 bits per heavy atom. The lowest BCUT2D eigenvalue weighted by atomic mass is 9.88. The minimum Gasteiger partial charge on any atom is -0.504 e. The highest BCUT2D eigenvalue weighted by molar-refractivity contribution is 5.49. The molecule has 2 aromatic rings. The Bertz CT molecular complexity index is 760. The fourth-order valence-corrected chi connectivity index (χ4v) is 3.50. The Kier molecular flexibility index (Phi) is 5.04. The maximum Gasteiger partial charge on any atom is 0.160 e. The molecule has 0 radical (unpaired) electrons. The maximum absolute atomic E-state index is 10.1. The molecular formula is C20H25NO4. The summed E-state index contributed by atoms with van der Waals surface area (Å²) in [6, 6.07) is 10.1. The van der Waals surface area contributed by atoms with Crippen molar-refractivity contribution in [1.29, 1.82) is 0 Å². The molecule has 1 aliphatic rings. The number of nitrogens with zero attached hydrogens (tertiary/aromatic N) is 1. The van der Waals surface area contributed by atoms with E-state index in [1.807, 2.05) is 24.3 Å². The van der Waals surface area contributed by atoms with Gasteiger partial charge in [0.25, 0.3) is 0 Å². The molecule has 5 heteroatoms. The second kappa shape index (κ2) is 7.23. The molecule has 134 valence electrons. The van der Waals surface area contributed by atoms with Crippen molar-refractivity contribution < 1.29 is 19.3 Å². The zero-order valence-electron chi connectivity index (χ0n) is 15.2. The van der Waals surface area contributed by atoms with Crippen LogP contribution in [0, 0.1) is 0 Å². The third-order valence-corrected chi connectivity index (χ3v) is 4.94. The molecule has 0 amide bonds. The molecule has 0 fully saturated rings. The summed E-state index contributed by atoms with van der Waals surface area (Å²) in [5.74, 6) is 2.19. The number of likely N-dealkylation sites (N-methyl/N-ethyl adjacent to an activating group) is 1. The van der Waals surface area contributed by atoms with Crippen LogP contribution in [-0.4, -0.2) is 44.9 Å². The third kappa shape index (κ3) is 3.37. The quantitative estimate of drug-likeness (QED) is 0.904. The lowest BCUT2D eigenvalue weighted by Gasteiger charge is -2.35. The number of aromatic hydroxyl groups is 1. The molecule has 25 heavy (non-hydrogen) atoms. The van der Waals surface area contributed by atoms with E-state index in [9.17, 15) is 5.11 Å². The summed E-state index contributed by atoms with van der Waals surface area (Å²) in [4.78, 5) is 2.34. The monoisotopic (exact) mass is 343 g/mol. The van der Waals surface area contributed by atoms with E-state index in [1.54, 1.807) is 21.3 Å². The zero-order valence-corrected chi connectivity index (χ0v) is 15.2. The predicted molar refractivity (Wildman–Crippen MR) is 97.0 cm³/mol. The van der Waals surface area contributed by atoms with Gasteiger partial charge in [0.05, 0.1) is 21.3 Å². The minimum absolute atomic E-state index is 0.204. The molecule has 1 unspecified atom stereocenters. The molecule has 0 spiro atoms. The van der Waals surface area contributed by atoms with Crippen LogP contribution in [0.2, 0.25) is 0 Å². The molecule has 0 saturated heterocycles. The molecule has 1 atom stereocenters. The van der Waals surface area contributed by atoms with Crippen molar-refractivity contribution in [3.63, 3.8) is 0 Å². The van der Waals surface area contributed by atoms with Crippen LogP contribution in [0.3, 0.4) is 0 Å². The molecule has 1 aliphatic heterocycles. The Balaban J connectivity index is 1.95. The molecule has 3 rings (SSSR count). The first-order valence-electron chi connectivity index (χ1n) is 8.38. The van der Waals surface area contributed by atoms with Gasteiger partial charge in [-0.3, -0.25) is 4.90 Å². The summed E-state index contributed by atoms with van der Waals surface area (Å²) in [7, 11) is 7.00. The van der Waals surface area contributed by atoms with E-state index in [-0.39, 0.29) is 11.8 Å². The maximum atomic E-state index is 10.1. The predicted octanol–water partition coefficient (Wildman–Crippen LogP) is 3.19. The standard InChI is InChI=1S/C20H25NO4/c1-21-8-7-14-11-17(22)19(24-3)12-15(14)16(21)9-13-5-6-18(23-2)20(10-13)25-4/h5-6,10-12,16,22H,7-9H2,1-4H3. The number of rotatable bonds is 5. The fourth-order valence-electron chi connectivity index (χ4n) is 3.50. The van der Waals surface area contributed by atoms with E-state index in [1.165, 1.54) is 16.7 Å². The fraction of sp³-hybridized carbons (Fsp3) is 0.400. The van der Waals surface area contributed by atoms with Crippen LogP contribution in [0.15, 0.2) is 30.3 Å². The molecule has 0 aromatic heterocycles. The van der Waals surface area contributed by atoms with Gasteiger partial charge in [0.15, 0.2) is 23.0 Å². The van der Waals surface area contributed by atoms with Crippen LogP contribution >= 0.6 is 0 Å². The van der Waals surface area contributed by atoms with Gasteiger partial charge < -0.3 is 19.3 Å². The van der Waals surface area contributed by atoms with Crippen molar-refractivity contribution >= 4 is 0 Å². The summed E-state index contributed by atoms with van der Waals surface area (Å²) in [5.41, 5.74) is 3.56. The first-order valence-corrected chi connectivity index (χ1v) is 8.38. The van der Waals surface area contributed by atoms with Gasteiger partial charge in [-0.2, -0.15) is 0 Å². The van der Waals surface area contributed by atoms with Crippen LogP contribution < -0.4 is 14.2 Å². The van der Waals surface area contributed by atoms with Crippen molar-refractivity contribution in [2.45, 2.75) is 18.9 Å². The van der Waals surface area contributed by atoms with E-state index < -0.39 is 0 Å². The smallest absolute Gasteiger partial charge is 0.160 e. The summed E-state index contributed by atoms with van der Waals surface area (Å²) >= 11 is 0. The molecule has 0 aliphatic carbocycles. The number of phenols is 1. The van der Waals surface area contributed by atoms with Crippen LogP contribution in [0.4, 0.5) is 0 Å². The minimum atomic E-state index is 0.204. The van der Waals surface area contributed by atoms with Crippen LogP contribution in [0.1, 0.15) is 22.7 Å². The molecule has 0 saturated carbocycles. The topological polar surface area (TPSA) is 51.2 Å². The SMILES string of the molecule is COc1cc2c(cc1O)CCN(C)C2Cc1ccc(OC)c(OC)c1. The molecule has 0 bridgehead atoms. The highest BCUT2D eigenvalue weighted by Gasteiger charge is 2.27. The Hall–Kier alpha value is -2.40. The Labute approximate surface area is 148 Å². The molecule has 1 heterocycles. The Morgan fingerprint density at radius 3 is 2.40 bits per heavy atom. The molecule has 5 nitrogen and oxygen atoms in total. The van der Waals surface area contributed by atoms with Gasteiger partial charge in [-0.05, 0) is 60.8 Å². The normalized spacial score (nSPS) is 17.0. The largest absolute Gasteiger partial charge is 0.504 e. The van der Waals surface area contributed by atoms with Crippen LogP contribution in [-0.2, 0) is 12.8 Å². The number of benzene rings is 2. The van der Waals surface area contributed by atoms with Gasteiger partial charge in [-0.25, -0.2) is 0 Å². The lowest BCUT2D eigenvalue weighted by molar-refractivity contribution is 0.228. The van der Waals surface area contributed by atoms with Crippen LogP contribution in [0.5, 0.6) is 23.0 Å². The third-order valence-electron chi connectivity index (χ3n) is 4.94. The number of hydrogen-bond donors (Lipinski definition) is 1. The van der Waals surface area contributed by atoms with Gasteiger partial charge in [-0.1, -0.05) is 6.07 Å². The van der Waals surface area contributed by atoms with E-state index in [4.69, 9.17) is 14.2 Å². The zero-order chi connectivity index (χ0) is 18.0. The van der Waals surface area contributed by atoms with Crippen molar-refractivity contribution in [3.8, 4) is 23.0 Å². The van der Waals surface area contributed by atoms with Crippen molar-refractivity contribution in [1.82, 2.24) is 4.90 Å². The number of fused-ring (bicyclic) bond motifs is 1. The second-order valence-electron chi connectivity index (χ2n) is 6.36. The number of methoxy groups -OCH3 is 3. The van der Waals surface area contributed by atoms with E-state index >= 15 is 0 Å².